The molecule has 158 valence electrons. The number of nitrogens with one attached hydrogen (secondary N) is 2. The van der Waals surface area contributed by atoms with Gasteiger partial charge in [0, 0.05) is 41.5 Å². The third-order valence-corrected chi connectivity index (χ3v) is 4.89. The molecule has 0 unspecified atom stereocenters. The fourth-order valence-corrected chi connectivity index (χ4v) is 3.28. The Morgan fingerprint density at radius 2 is 1.87 bits per heavy atom. The number of aliphatic carboxylic acids is 1. The lowest BCUT2D eigenvalue weighted by atomic mass is 10.0. The zero-order valence-corrected chi connectivity index (χ0v) is 17.0. The van der Waals surface area contributed by atoms with E-state index < -0.39 is 5.97 Å². The quantitative estimate of drug-likeness (QED) is 0.250. The first-order valence-corrected chi connectivity index (χ1v) is 9.95. The normalized spacial score (nSPS) is 13.0. The first-order valence-electron chi connectivity index (χ1n) is 9.95. The highest BCUT2D eigenvalue weighted by atomic mass is 16.4. The molecule has 3 rings (SSSR count). The monoisotopic (exact) mass is 416 g/mol. The standard InChI is InChI=1S/C24H24N4O3/c25-23(26)18-6-9-20(10-7-18)27-13-3-4-17-5-11-21(19(16-17)8-12-22(29)30)24(31)28-14-1-2-15-28/h5-12,16,27H,1-2,13-15H2,(H3,25,26)(H,29,30). The third-order valence-electron chi connectivity index (χ3n) is 4.89. The van der Waals surface area contributed by atoms with Gasteiger partial charge in [-0.05, 0) is 66.9 Å². The van der Waals surface area contributed by atoms with Gasteiger partial charge in [0.15, 0.2) is 0 Å². The average molecular weight is 416 g/mol. The summed E-state index contributed by atoms with van der Waals surface area (Å²) in [6.45, 7) is 1.84. The van der Waals surface area contributed by atoms with Crippen molar-refractivity contribution in [3.8, 4) is 11.8 Å². The summed E-state index contributed by atoms with van der Waals surface area (Å²) in [4.78, 5) is 25.5. The van der Waals surface area contributed by atoms with E-state index in [0.717, 1.165) is 37.7 Å². The second-order valence-corrected chi connectivity index (χ2v) is 7.12. The number of amides is 1. The van der Waals surface area contributed by atoms with Gasteiger partial charge in [0.1, 0.15) is 5.84 Å². The van der Waals surface area contributed by atoms with Crippen LogP contribution >= 0.6 is 0 Å². The number of carboxylic acids is 1. The van der Waals surface area contributed by atoms with Crippen molar-refractivity contribution in [1.82, 2.24) is 4.90 Å². The lowest BCUT2D eigenvalue weighted by Crippen LogP contribution is -2.28. The molecule has 2 aromatic carbocycles. The Morgan fingerprint density at radius 3 is 2.52 bits per heavy atom. The Hall–Kier alpha value is -4.05. The molecule has 5 N–H and O–H groups in total. The number of carbonyl (C=O) groups is 2. The molecule has 1 amide bonds. The van der Waals surface area contributed by atoms with Crippen molar-refractivity contribution in [2.24, 2.45) is 5.73 Å². The summed E-state index contributed by atoms with van der Waals surface area (Å²) in [5, 5.41) is 19.5. The van der Waals surface area contributed by atoms with Gasteiger partial charge in [-0.1, -0.05) is 11.8 Å². The van der Waals surface area contributed by atoms with E-state index in [1.807, 2.05) is 12.1 Å². The number of benzene rings is 2. The van der Waals surface area contributed by atoms with Crippen LogP contribution in [0.2, 0.25) is 0 Å². The molecular formula is C24H24N4O3. The molecule has 0 atom stereocenters. The van der Waals surface area contributed by atoms with Gasteiger partial charge in [-0.2, -0.15) is 0 Å². The first-order chi connectivity index (χ1) is 14.9. The number of nitrogens with zero attached hydrogens (tertiary/aromatic N) is 1. The molecular weight excluding hydrogens is 392 g/mol. The summed E-state index contributed by atoms with van der Waals surface area (Å²) in [5.41, 5.74) is 8.67. The number of hydrogen-bond donors (Lipinski definition) is 4. The van der Waals surface area contributed by atoms with Crippen molar-refractivity contribution in [1.29, 1.82) is 5.41 Å². The predicted octanol–water partition coefficient (Wildman–Crippen LogP) is 2.77. The molecule has 1 saturated heterocycles. The number of carbonyl (C=O) groups excluding carboxylic acids is 1. The second-order valence-electron chi connectivity index (χ2n) is 7.12. The number of carboxylic acid groups (broad SMARTS) is 1. The van der Waals surface area contributed by atoms with Gasteiger partial charge < -0.3 is 21.1 Å². The molecule has 7 heteroatoms. The summed E-state index contributed by atoms with van der Waals surface area (Å²) in [5.74, 6) is 4.92. The van der Waals surface area contributed by atoms with Crippen molar-refractivity contribution < 1.29 is 14.7 Å². The smallest absolute Gasteiger partial charge is 0.328 e. The molecule has 0 aliphatic carbocycles. The number of hydrogen-bond acceptors (Lipinski definition) is 4. The minimum Gasteiger partial charge on any atom is -0.478 e. The summed E-state index contributed by atoms with van der Waals surface area (Å²) in [6, 6.07) is 12.4. The lowest BCUT2D eigenvalue weighted by Gasteiger charge is -2.17. The van der Waals surface area contributed by atoms with Crippen molar-refractivity contribution in [2.45, 2.75) is 12.8 Å². The molecule has 31 heavy (non-hydrogen) atoms. The Bertz CT molecular complexity index is 1070. The average Bonchev–Trinajstić information content (AvgIpc) is 3.30. The van der Waals surface area contributed by atoms with Crippen molar-refractivity contribution in [3.63, 3.8) is 0 Å². The fraction of sp³-hybridized carbons (Fsp3) is 0.208. The van der Waals surface area contributed by atoms with E-state index in [-0.39, 0.29) is 11.7 Å². The van der Waals surface area contributed by atoms with Gasteiger partial charge in [-0.25, -0.2) is 4.79 Å². The fourth-order valence-electron chi connectivity index (χ4n) is 3.28. The van der Waals surface area contributed by atoms with Crippen LogP contribution in [0.15, 0.2) is 48.5 Å². The van der Waals surface area contributed by atoms with Crippen LogP contribution in [0.1, 0.15) is 39.9 Å². The topological polar surface area (TPSA) is 120 Å². The Labute approximate surface area is 181 Å². The second kappa shape index (κ2) is 10.1. The molecule has 0 spiro atoms. The Kier molecular flexibility index (Phi) is 7.07. The van der Waals surface area contributed by atoms with Gasteiger partial charge >= 0.3 is 5.97 Å². The SMILES string of the molecule is N=C(N)c1ccc(NCC#Cc2ccc(C(=O)N3CCCC3)c(C=CC(=O)O)c2)cc1. The number of rotatable bonds is 6. The van der Waals surface area contributed by atoms with Gasteiger partial charge in [-0.3, -0.25) is 10.2 Å². The van der Waals surface area contributed by atoms with E-state index >= 15 is 0 Å². The number of likely N-dealkylation sites (tertiary alicyclic amines) is 1. The number of amidine groups is 1. The van der Waals surface area contributed by atoms with E-state index in [4.69, 9.17) is 16.2 Å². The maximum atomic E-state index is 12.8. The van der Waals surface area contributed by atoms with E-state index in [1.54, 1.807) is 35.2 Å². The molecule has 1 aliphatic rings. The molecule has 1 heterocycles. The summed E-state index contributed by atoms with van der Waals surface area (Å²) in [6.07, 6.45) is 4.44. The largest absolute Gasteiger partial charge is 0.478 e. The highest BCUT2D eigenvalue weighted by Crippen LogP contribution is 2.19. The van der Waals surface area contributed by atoms with Crippen molar-refractivity contribution in [3.05, 3.63) is 70.8 Å². The minimum absolute atomic E-state index is 0.0192. The van der Waals surface area contributed by atoms with Crippen LogP contribution in [0.25, 0.3) is 6.08 Å². The number of anilines is 1. The molecule has 7 nitrogen and oxygen atoms in total. The van der Waals surface area contributed by atoms with Gasteiger partial charge in [-0.15, -0.1) is 0 Å². The van der Waals surface area contributed by atoms with Crippen LogP contribution in [0, 0.1) is 17.3 Å². The highest BCUT2D eigenvalue weighted by Gasteiger charge is 2.21. The minimum atomic E-state index is -1.07. The summed E-state index contributed by atoms with van der Waals surface area (Å²) in [7, 11) is 0. The highest BCUT2D eigenvalue weighted by molar-refractivity contribution is 5.99. The predicted molar refractivity (Wildman–Crippen MR) is 121 cm³/mol. The third kappa shape index (κ3) is 5.97. The van der Waals surface area contributed by atoms with Crippen LogP contribution in [0.3, 0.4) is 0 Å². The maximum absolute atomic E-state index is 12.8. The van der Waals surface area contributed by atoms with E-state index in [0.29, 0.717) is 28.8 Å². The molecule has 0 bridgehead atoms. The van der Waals surface area contributed by atoms with E-state index in [1.165, 1.54) is 6.08 Å². The van der Waals surface area contributed by atoms with Crippen LogP contribution in [0.5, 0.6) is 0 Å². The van der Waals surface area contributed by atoms with Crippen LogP contribution in [0.4, 0.5) is 5.69 Å². The van der Waals surface area contributed by atoms with Crippen LogP contribution in [-0.4, -0.2) is 47.4 Å². The Balaban J connectivity index is 1.72. The summed E-state index contributed by atoms with van der Waals surface area (Å²) < 4.78 is 0. The van der Waals surface area contributed by atoms with Gasteiger partial charge in [0.05, 0.1) is 6.54 Å². The molecule has 0 radical (unpaired) electrons. The number of nitrogen functional groups attached to an aromatic ring is 1. The Morgan fingerprint density at radius 1 is 1.16 bits per heavy atom. The lowest BCUT2D eigenvalue weighted by molar-refractivity contribution is -0.131. The first kappa shape index (κ1) is 21.7. The van der Waals surface area contributed by atoms with E-state index in [2.05, 4.69) is 17.2 Å². The molecule has 0 saturated carbocycles. The maximum Gasteiger partial charge on any atom is 0.328 e. The molecule has 2 aromatic rings. The van der Waals surface area contributed by atoms with Gasteiger partial charge in [0.25, 0.3) is 5.91 Å². The molecule has 1 aliphatic heterocycles. The molecule has 0 aromatic heterocycles. The zero-order valence-electron chi connectivity index (χ0n) is 17.0. The van der Waals surface area contributed by atoms with E-state index in [9.17, 15) is 9.59 Å². The van der Waals surface area contributed by atoms with Crippen molar-refractivity contribution in [2.75, 3.05) is 25.0 Å². The van der Waals surface area contributed by atoms with Crippen molar-refractivity contribution >= 4 is 29.5 Å². The van der Waals surface area contributed by atoms with Crippen LogP contribution < -0.4 is 11.1 Å². The van der Waals surface area contributed by atoms with Gasteiger partial charge in [0.2, 0.25) is 0 Å². The zero-order chi connectivity index (χ0) is 22.2. The number of nitrogens with two attached hydrogens (primary N) is 1. The summed E-state index contributed by atoms with van der Waals surface area (Å²) >= 11 is 0. The van der Waals surface area contributed by atoms with Crippen LogP contribution in [-0.2, 0) is 4.79 Å². The molecule has 1 fully saturated rings.